The number of ether oxygens (including phenoxy) is 2. The van der Waals surface area contributed by atoms with Gasteiger partial charge in [0.05, 0.1) is 13.2 Å². The molecule has 0 aromatic heterocycles. The summed E-state index contributed by atoms with van der Waals surface area (Å²) in [6, 6.07) is 0. The molecule has 0 heterocycles. The largest absolute Gasteiger partial charge is 0.383 e. The van der Waals surface area contributed by atoms with E-state index in [1.165, 1.54) is 0 Å². The number of nitrogens with two attached hydrogens (primary N) is 1. The molecule has 0 rings (SSSR count). The van der Waals surface area contributed by atoms with E-state index in [1.54, 1.807) is 7.11 Å². The van der Waals surface area contributed by atoms with Gasteiger partial charge in [-0.25, -0.2) is 0 Å². The molecule has 0 fully saturated rings. The van der Waals surface area contributed by atoms with Gasteiger partial charge in [-0.1, -0.05) is 0 Å². The van der Waals surface area contributed by atoms with Gasteiger partial charge in [-0.05, 0) is 0 Å². The molecule has 3 N–H and O–H groups in total. The van der Waals surface area contributed by atoms with Gasteiger partial charge in [-0.15, -0.1) is 0 Å². The van der Waals surface area contributed by atoms with Crippen molar-refractivity contribution in [3.63, 3.8) is 0 Å². The predicted octanol–water partition coefficient (Wildman–Crippen LogP) is -1.28. The molecule has 0 bridgehead atoms. The van der Waals surface area contributed by atoms with Crippen LogP contribution in [0.2, 0.25) is 0 Å². The van der Waals surface area contributed by atoms with Crippen molar-refractivity contribution in [2.24, 2.45) is 5.73 Å². The fourth-order valence-electron chi connectivity index (χ4n) is 0.592. The van der Waals surface area contributed by atoms with Crippen molar-refractivity contribution in [1.82, 2.24) is 5.32 Å². The van der Waals surface area contributed by atoms with Gasteiger partial charge in [0.25, 0.3) is 0 Å². The Balaban J connectivity index is 3.10. The lowest BCUT2D eigenvalue weighted by Crippen LogP contribution is -2.31. The second-order valence-electron chi connectivity index (χ2n) is 2.18. The Morgan fingerprint density at radius 2 is 2.25 bits per heavy atom. The number of amides is 1. The van der Waals surface area contributed by atoms with Gasteiger partial charge < -0.3 is 20.5 Å². The van der Waals surface area contributed by atoms with Crippen molar-refractivity contribution in [3.05, 3.63) is 0 Å². The minimum atomic E-state index is -0.138. The zero-order chi connectivity index (χ0) is 9.23. The van der Waals surface area contributed by atoms with Crippen molar-refractivity contribution in [2.45, 2.75) is 0 Å². The van der Waals surface area contributed by atoms with Crippen LogP contribution in [0, 0.1) is 0 Å². The third-order valence-electron chi connectivity index (χ3n) is 1.12. The third-order valence-corrected chi connectivity index (χ3v) is 1.12. The molecule has 72 valence electrons. The van der Waals surface area contributed by atoms with E-state index >= 15 is 0 Å². The summed E-state index contributed by atoms with van der Waals surface area (Å²) in [5.41, 5.74) is 5.16. The van der Waals surface area contributed by atoms with Crippen LogP contribution in [-0.2, 0) is 14.3 Å². The maximum absolute atomic E-state index is 10.9. The highest BCUT2D eigenvalue weighted by Crippen LogP contribution is 1.73. The first-order valence-electron chi connectivity index (χ1n) is 3.84. The summed E-state index contributed by atoms with van der Waals surface area (Å²) in [7, 11) is 1.58. The molecule has 12 heavy (non-hydrogen) atoms. The van der Waals surface area contributed by atoms with Crippen molar-refractivity contribution < 1.29 is 14.3 Å². The minimum Gasteiger partial charge on any atom is -0.383 e. The number of rotatable bonds is 7. The van der Waals surface area contributed by atoms with Gasteiger partial charge in [-0.3, -0.25) is 4.79 Å². The Labute approximate surface area is 72.2 Å². The van der Waals surface area contributed by atoms with Gasteiger partial charge in [0, 0.05) is 20.2 Å². The van der Waals surface area contributed by atoms with Crippen LogP contribution in [-0.4, -0.2) is 45.9 Å². The van der Waals surface area contributed by atoms with Gasteiger partial charge in [0.2, 0.25) is 5.91 Å². The fraction of sp³-hybridized carbons (Fsp3) is 0.857. The standard InChI is InChI=1S/C7H16N2O3/c1-11-5-3-9-7(10)6-12-4-2-8/h2-6,8H2,1H3,(H,9,10). The maximum atomic E-state index is 10.9. The molecule has 0 saturated carbocycles. The molecule has 0 spiro atoms. The zero-order valence-electron chi connectivity index (χ0n) is 7.34. The smallest absolute Gasteiger partial charge is 0.246 e. The third kappa shape index (κ3) is 7.46. The van der Waals surface area contributed by atoms with Crippen LogP contribution in [0.15, 0.2) is 0 Å². The van der Waals surface area contributed by atoms with Crippen molar-refractivity contribution in [1.29, 1.82) is 0 Å². The van der Waals surface area contributed by atoms with Gasteiger partial charge in [0.15, 0.2) is 0 Å². The van der Waals surface area contributed by atoms with Crippen LogP contribution in [0.5, 0.6) is 0 Å². The summed E-state index contributed by atoms with van der Waals surface area (Å²) in [6.45, 7) is 1.95. The Kier molecular flexibility index (Phi) is 7.99. The zero-order valence-corrected chi connectivity index (χ0v) is 7.34. The highest BCUT2D eigenvalue weighted by molar-refractivity contribution is 5.77. The lowest BCUT2D eigenvalue weighted by atomic mass is 10.6. The summed E-state index contributed by atoms with van der Waals surface area (Å²) in [6.07, 6.45) is 0. The average molecular weight is 176 g/mol. The van der Waals surface area contributed by atoms with E-state index in [4.69, 9.17) is 15.2 Å². The van der Waals surface area contributed by atoms with Crippen LogP contribution < -0.4 is 11.1 Å². The second kappa shape index (κ2) is 8.45. The summed E-state index contributed by atoms with van der Waals surface area (Å²) in [5, 5.41) is 2.61. The molecule has 1 amide bonds. The van der Waals surface area contributed by atoms with Crippen molar-refractivity contribution in [2.75, 3.05) is 40.0 Å². The summed E-state index contributed by atoms with van der Waals surface area (Å²) < 4.78 is 9.64. The predicted molar refractivity (Wildman–Crippen MR) is 44.8 cm³/mol. The Bertz CT molecular complexity index is 107. The highest BCUT2D eigenvalue weighted by atomic mass is 16.5. The number of carbonyl (C=O) groups is 1. The Hall–Kier alpha value is -0.650. The SMILES string of the molecule is COCCNC(=O)COCCN. The van der Waals surface area contributed by atoms with Crippen LogP contribution >= 0.6 is 0 Å². The number of methoxy groups -OCH3 is 1. The van der Waals surface area contributed by atoms with E-state index in [0.717, 1.165) is 0 Å². The van der Waals surface area contributed by atoms with Gasteiger partial charge in [0.1, 0.15) is 6.61 Å². The Morgan fingerprint density at radius 1 is 1.50 bits per heavy atom. The maximum Gasteiger partial charge on any atom is 0.246 e. The molecule has 0 aliphatic carbocycles. The number of carbonyl (C=O) groups excluding carboxylic acids is 1. The van der Waals surface area contributed by atoms with Crippen LogP contribution in [0.25, 0.3) is 0 Å². The molecule has 0 aliphatic rings. The molecule has 0 atom stereocenters. The molecule has 0 unspecified atom stereocenters. The van der Waals surface area contributed by atoms with Gasteiger partial charge >= 0.3 is 0 Å². The Morgan fingerprint density at radius 3 is 2.83 bits per heavy atom. The summed E-state index contributed by atoms with van der Waals surface area (Å²) in [4.78, 5) is 10.9. The fourth-order valence-corrected chi connectivity index (χ4v) is 0.592. The lowest BCUT2D eigenvalue weighted by molar-refractivity contribution is -0.125. The van der Waals surface area contributed by atoms with E-state index in [0.29, 0.717) is 26.3 Å². The number of hydrogen-bond acceptors (Lipinski definition) is 4. The molecule has 0 radical (unpaired) electrons. The van der Waals surface area contributed by atoms with E-state index in [9.17, 15) is 4.79 Å². The normalized spacial score (nSPS) is 9.83. The number of hydrogen-bond donors (Lipinski definition) is 2. The average Bonchev–Trinajstić information content (AvgIpc) is 2.06. The molecular formula is C7H16N2O3. The minimum absolute atomic E-state index is 0.0704. The first-order chi connectivity index (χ1) is 5.81. The van der Waals surface area contributed by atoms with E-state index < -0.39 is 0 Å². The quantitative estimate of drug-likeness (QED) is 0.474. The molecule has 5 nitrogen and oxygen atoms in total. The van der Waals surface area contributed by atoms with Crippen LogP contribution in [0.4, 0.5) is 0 Å². The molecule has 0 aliphatic heterocycles. The van der Waals surface area contributed by atoms with E-state index in [2.05, 4.69) is 5.32 Å². The van der Waals surface area contributed by atoms with E-state index in [1.807, 2.05) is 0 Å². The van der Waals surface area contributed by atoms with Crippen LogP contribution in [0.1, 0.15) is 0 Å². The summed E-state index contributed by atoms with van der Waals surface area (Å²) >= 11 is 0. The molecule has 5 heteroatoms. The molecule has 0 saturated heterocycles. The highest BCUT2D eigenvalue weighted by Gasteiger charge is 1.98. The van der Waals surface area contributed by atoms with Gasteiger partial charge in [-0.2, -0.15) is 0 Å². The monoisotopic (exact) mass is 176 g/mol. The second-order valence-corrected chi connectivity index (χ2v) is 2.18. The molecule has 0 aromatic rings. The van der Waals surface area contributed by atoms with Crippen molar-refractivity contribution in [3.8, 4) is 0 Å². The first-order valence-corrected chi connectivity index (χ1v) is 3.84. The van der Waals surface area contributed by atoms with E-state index in [-0.39, 0.29) is 12.5 Å². The topological polar surface area (TPSA) is 73.6 Å². The first kappa shape index (κ1) is 11.4. The summed E-state index contributed by atoms with van der Waals surface area (Å²) in [5.74, 6) is -0.138. The molecular weight excluding hydrogens is 160 g/mol. The number of nitrogens with one attached hydrogen (secondary N) is 1. The van der Waals surface area contributed by atoms with Crippen molar-refractivity contribution >= 4 is 5.91 Å². The lowest BCUT2D eigenvalue weighted by Gasteiger charge is -2.04. The molecule has 0 aromatic carbocycles. The van der Waals surface area contributed by atoms with Crippen LogP contribution in [0.3, 0.4) is 0 Å².